The third kappa shape index (κ3) is 4.25. The Balaban J connectivity index is 1.90. The zero-order valence-corrected chi connectivity index (χ0v) is 14.7. The van der Waals surface area contributed by atoms with Crippen molar-refractivity contribution in [3.8, 4) is 0 Å². The van der Waals surface area contributed by atoms with Crippen molar-refractivity contribution in [1.82, 2.24) is 0 Å². The monoisotopic (exact) mass is 306 g/mol. The first-order valence-electron chi connectivity index (χ1n) is 9.35. The zero-order chi connectivity index (χ0) is 16.1. The lowest BCUT2D eigenvalue weighted by atomic mass is 9.77. The molecule has 0 nitrogen and oxygen atoms in total. The van der Waals surface area contributed by atoms with Crippen LogP contribution in [0.3, 0.4) is 0 Å². The summed E-state index contributed by atoms with van der Waals surface area (Å²) in [6.07, 6.45) is 17.2. The van der Waals surface area contributed by atoms with E-state index >= 15 is 0 Å². The van der Waals surface area contributed by atoms with Gasteiger partial charge in [0.25, 0.3) is 0 Å². The highest BCUT2D eigenvalue weighted by molar-refractivity contribution is 5.37. The van der Waals surface area contributed by atoms with Gasteiger partial charge < -0.3 is 0 Å². The maximum atomic E-state index is 2.59. The molecule has 0 radical (unpaired) electrons. The molecule has 3 atom stereocenters. The van der Waals surface area contributed by atoms with Crippen LogP contribution in [0.25, 0.3) is 0 Å². The minimum Gasteiger partial charge on any atom is -0.0845 e. The van der Waals surface area contributed by atoms with Gasteiger partial charge in [-0.3, -0.25) is 0 Å². The van der Waals surface area contributed by atoms with E-state index in [1.807, 2.05) is 0 Å². The summed E-state index contributed by atoms with van der Waals surface area (Å²) in [5.74, 6) is 2.14. The second-order valence-corrected chi connectivity index (χ2v) is 7.43. The molecule has 0 aromatic heterocycles. The highest BCUT2D eigenvalue weighted by Gasteiger charge is 2.22. The topological polar surface area (TPSA) is 0 Å². The third-order valence-electron chi connectivity index (χ3n) is 5.73. The Morgan fingerprint density at radius 1 is 0.957 bits per heavy atom. The van der Waals surface area contributed by atoms with Crippen LogP contribution in [0, 0.1) is 11.8 Å². The van der Waals surface area contributed by atoms with E-state index < -0.39 is 0 Å². The SMILES string of the molecule is CC1CC[C@H](c2ccccc2)C/C(C2=CC=CCCC2)=C\[C@@H]1C. The fourth-order valence-corrected chi connectivity index (χ4v) is 3.93. The van der Waals surface area contributed by atoms with Gasteiger partial charge in [-0.15, -0.1) is 0 Å². The van der Waals surface area contributed by atoms with E-state index in [4.69, 9.17) is 0 Å². The molecule has 23 heavy (non-hydrogen) atoms. The Bertz CT molecular complexity index is 588. The first kappa shape index (κ1) is 16.3. The van der Waals surface area contributed by atoms with E-state index in [1.165, 1.54) is 44.1 Å². The summed E-state index contributed by atoms with van der Waals surface area (Å²) in [5, 5.41) is 0. The van der Waals surface area contributed by atoms with Gasteiger partial charge in [0.05, 0.1) is 0 Å². The predicted molar refractivity (Wildman–Crippen MR) is 101 cm³/mol. The number of rotatable bonds is 2. The molecule has 0 N–H and O–H groups in total. The van der Waals surface area contributed by atoms with Crippen LogP contribution in [-0.4, -0.2) is 0 Å². The molecule has 0 spiro atoms. The molecule has 0 aliphatic heterocycles. The summed E-state index contributed by atoms with van der Waals surface area (Å²) in [7, 11) is 0. The minimum absolute atomic E-state index is 0.672. The highest BCUT2D eigenvalue weighted by Crippen LogP contribution is 2.38. The van der Waals surface area contributed by atoms with Gasteiger partial charge in [0.1, 0.15) is 0 Å². The first-order valence-corrected chi connectivity index (χ1v) is 9.35. The number of allylic oxidation sites excluding steroid dienone is 6. The van der Waals surface area contributed by atoms with Gasteiger partial charge in [0, 0.05) is 0 Å². The van der Waals surface area contributed by atoms with Crippen molar-refractivity contribution in [2.45, 2.75) is 58.3 Å². The Hall–Kier alpha value is -1.56. The molecule has 1 unspecified atom stereocenters. The normalized spacial score (nSPS) is 31.3. The molecular formula is C23H30. The fraction of sp³-hybridized carbons (Fsp3) is 0.478. The van der Waals surface area contributed by atoms with E-state index in [0.717, 1.165) is 5.92 Å². The summed E-state index contributed by atoms with van der Waals surface area (Å²) >= 11 is 0. The molecule has 0 saturated heterocycles. The third-order valence-corrected chi connectivity index (χ3v) is 5.73. The lowest BCUT2D eigenvalue weighted by Crippen LogP contribution is -2.14. The smallest absolute Gasteiger partial charge is 0.0121 e. The lowest BCUT2D eigenvalue weighted by Gasteiger charge is -2.28. The van der Waals surface area contributed by atoms with Crippen LogP contribution in [0.2, 0.25) is 0 Å². The van der Waals surface area contributed by atoms with Gasteiger partial charge in [-0.1, -0.05) is 68.5 Å². The standard InChI is InChI=1S/C23H30/c1-18-14-15-22(20-10-8-5-9-11-20)17-23(16-19(18)2)21-12-6-3-4-7-13-21/h3,5-6,8-12,16,18-19,22H,4,7,13-15,17H2,1-2H3/b23-16+/t18?,19-,22-/m0/s1. The molecule has 0 bridgehead atoms. The first-order chi connectivity index (χ1) is 11.2. The van der Waals surface area contributed by atoms with Crippen LogP contribution < -0.4 is 0 Å². The molecule has 0 fully saturated rings. The quantitative estimate of drug-likeness (QED) is 0.562. The Kier molecular flexibility index (Phi) is 5.54. The largest absolute Gasteiger partial charge is 0.0845 e. The average Bonchev–Trinajstić information content (AvgIpc) is 2.86. The van der Waals surface area contributed by atoms with Gasteiger partial charge in [-0.25, -0.2) is 0 Å². The predicted octanol–water partition coefficient (Wildman–Crippen LogP) is 6.82. The molecular weight excluding hydrogens is 276 g/mol. The summed E-state index contributed by atoms with van der Waals surface area (Å²) in [5.41, 5.74) is 4.72. The molecule has 0 amide bonds. The molecule has 1 aromatic carbocycles. The van der Waals surface area contributed by atoms with Gasteiger partial charge in [0.15, 0.2) is 0 Å². The molecule has 0 saturated carbocycles. The summed E-state index contributed by atoms with van der Waals surface area (Å²) < 4.78 is 0. The van der Waals surface area contributed by atoms with Crippen LogP contribution >= 0.6 is 0 Å². The maximum Gasteiger partial charge on any atom is -0.0121 e. The van der Waals surface area contributed by atoms with E-state index in [0.29, 0.717) is 11.8 Å². The summed E-state index contributed by atoms with van der Waals surface area (Å²) in [6, 6.07) is 11.2. The zero-order valence-electron chi connectivity index (χ0n) is 14.7. The summed E-state index contributed by atoms with van der Waals surface area (Å²) in [4.78, 5) is 0. The van der Waals surface area contributed by atoms with E-state index in [1.54, 1.807) is 11.1 Å². The maximum absolute atomic E-state index is 2.59. The van der Waals surface area contributed by atoms with Crippen molar-refractivity contribution in [2.24, 2.45) is 11.8 Å². The van der Waals surface area contributed by atoms with Crippen molar-refractivity contribution in [2.75, 3.05) is 0 Å². The van der Waals surface area contributed by atoms with Gasteiger partial charge in [-0.05, 0) is 73.0 Å². The van der Waals surface area contributed by atoms with Crippen molar-refractivity contribution in [3.63, 3.8) is 0 Å². The lowest BCUT2D eigenvalue weighted by molar-refractivity contribution is 0.382. The molecule has 0 heteroatoms. The van der Waals surface area contributed by atoms with E-state index in [2.05, 4.69) is 68.5 Å². The van der Waals surface area contributed by atoms with Crippen LogP contribution in [-0.2, 0) is 0 Å². The average molecular weight is 306 g/mol. The van der Waals surface area contributed by atoms with Crippen LogP contribution in [0.5, 0.6) is 0 Å². The fourth-order valence-electron chi connectivity index (χ4n) is 3.93. The second-order valence-electron chi connectivity index (χ2n) is 7.43. The van der Waals surface area contributed by atoms with Crippen LogP contribution in [0.15, 0.2) is 65.8 Å². The van der Waals surface area contributed by atoms with Crippen molar-refractivity contribution >= 4 is 0 Å². The Morgan fingerprint density at radius 2 is 1.78 bits per heavy atom. The van der Waals surface area contributed by atoms with Crippen LogP contribution in [0.4, 0.5) is 0 Å². The van der Waals surface area contributed by atoms with Gasteiger partial charge in [0.2, 0.25) is 0 Å². The number of hydrogen-bond donors (Lipinski definition) is 0. The second kappa shape index (κ2) is 7.81. The molecule has 1 aromatic rings. The number of benzene rings is 1. The van der Waals surface area contributed by atoms with E-state index in [-0.39, 0.29) is 0 Å². The van der Waals surface area contributed by atoms with Crippen LogP contribution in [0.1, 0.15) is 63.9 Å². The van der Waals surface area contributed by atoms with Crippen molar-refractivity contribution in [3.05, 3.63) is 71.3 Å². The summed E-state index contributed by atoms with van der Waals surface area (Å²) in [6.45, 7) is 4.83. The Labute approximate surface area is 142 Å². The van der Waals surface area contributed by atoms with Crippen molar-refractivity contribution in [1.29, 1.82) is 0 Å². The molecule has 2 aliphatic carbocycles. The molecule has 3 rings (SSSR count). The molecule has 122 valence electrons. The number of hydrogen-bond acceptors (Lipinski definition) is 0. The molecule has 2 aliphatic rings. The van der Waals surface area contributed by atoms with Crippen molar-refractivity contribution < 1.29 is 0 Å². The van der Waals surface area contributed by atoms with E-state index in [9.17, 15) is 0 Å². The van der Waals surface area contributed by atoms with Gasteiger partial charge in [-0.2, -0.15) is 0 Å². The Morgan fingerprint density at radius 3 is 2.61 bits per heavy atom. The highest BCUT2D eigenvalue weighted by atomic mass is 14.3. The van der Waals surface area contributed by atoms with Gasteiger partial charge >= 0.3 is 0 Å². The minimum atomic E-state index is 0.672. The molecule has 0 heterocycles.